The van der Waals surface area contributed by atoms with Crippen molar-refractivity contribution in [3.63, 3.8) is 0 Å². The number of rotatable bonds is 3. The zero-order chi connectivity index (χ0) is 13.3. The second kappa shape index (κ2) is 4.94. The summed E-state index contributed by atoms with van der Waals surface area (Å²) >= 11 is 0. The summed E-state index contributed by atoms with van der Waals surface area (Å²) in [5.74, 6) is 1.49. The molecule has 2 N–H and O–H groups in total. The molecule has 0 aliphatic carbocycles. The summed E-state index contributed by atoms with van der Waals surface area (Å²) in [6.45, 7) is 6.92. The van der Waals surface area contributed by atoms with E-state index in [4.69, 9.17) is 5.73 Å². The number of nitrogens with two attached hydrogens (primary N) is 1. The van der Waals surface area contributed by atoms with Gasteiger partial charge in [0.1, 0.15) is 5.82 Å². The SMILES string of the molecule is Cc1nc(CN)n(C)c1-c1ccc(C(C)C)cc1. The lowest BCUT2D eigenvalue weighted by atomic mass is 10.0. The third-order valence-corrected chi connectivity index (χ3v) is 3.40. The van der Waals surface area contributed by atoms with Crippen molar-refractivity contribution in [2.24, 2.45) is 12.8 Å². The van der Waals surface area contributed by atoms with Crippen LogP contribution in [0.15, 0.2) is 24.3 Å². The Hall–Kier alpha value is -1.61. The number of aromatic nitrogens is 2. The van der Waals surface area contributed by atoms with Crippen molar-refractivity contribution in [1.82, 2.24) is 9.55 Å². The molecule has 18 heavy (non-hydrogen) atoms. The number of imidazole rings is 1. The second-order valence-electron chi connectivity index (χ2n) is 5.00. The fourth-order valence-electron chi connectivity index (χ4n) is 2.30. The minimum absolute atomic E-state index is 0.474. The molecule has 0 fully saturated rings. The summed E-state index contributed by atoms with van der Waals surface area (Å²) in [7, 11) is 2.02. The maximum Gasteiger partial charge on any atom is 0.122 e. The number of aryl methyl sites for hydroxylation is 1. The van der Waals surface area contributed by atoms with Gasteiger partial charge in [-0.05, 0) is 18.4 Å². The van der Waals surface area contributed by atoms with E-state index < -0.39 is 0 Å². The molecule has 2 aromatic rings. The summed E-state index contributed by atoms with van der Waals surface area (Å²) in [5, 5.41) is 0. The van der Waals surface area contributed by atoms with Gasteiger partial charge in [0, 0.05) is 12.6 Å². The van der Waals surface area contributed by atoms with Crippen LogP contribution in [-0.4, -0.2) is 9.55 Å². The van der Waals surface area contributed by atoms with Crippen LogP contribution in [0, 0.1) is 6.92 Å². The minimum Gasteiger partial charge on any atom is -0.330 e. The van der Waals surface area contributed by atoms with E-state index in [-0.39, 0.29) is 0 Å². The Balaban J connectivity index is 2.45. The van der Waals surface area contributed by atoms with Crippen LogP contribution < -0.4 is 5.73 Å². The topological polar surface area (TPSA) is 43.8 Å². The van der Waals surface area contributed by atoms with Crippen LogP contribution >= 0.6 is 0 Å². The second-order valence-corrected chi connectivity index (χ2v) is 5.00. The van der Waals surface area contributed by atoms with Crippen LogP contribution in [-0.2, 0) is 13.6 Å². The third-order valence-electron chi connectivity index (χ3n) is 3.40. The van der Waals surface area contributed by atoms with Crippen molar-refractivity contribution in [2.45, 2.75) is 33.2 Å². The molecular formula is C15H21N3. The Morgan fingerprint density at radius 2 is 1.83 bits per heavy atom. The molecule has 0 saturated heterocycles. The first-order chi connectivity index (χ1) is 8.54. The molecule has 0 amide bonds. The average Bonchev–Trinajstić information content (AvgIpc) is 2.64. The fraction of sp³-hybridized carbons (Fsp3) is 0.400. The van der Waals surface area contributed by atoms with Crippen molar-refractivity contribution in [2.75, 3.05) is 0 Å². The molecule has 0 saturated carbocycles. The van der Waals surface area contributed by atoms with Crippen LogP contribution in [0.4, 0.5) is 0 Å². The van der Waals surface area contributed by atoms with Crippen LogP contribution in [0.3, 0.4) is 0 Å². The van der Waals surface area contributed by atoms with Crippen molar-refractivity contribution < 1.29 is 0 Å². The van der Waals surface area contributed by atoms with Crippen LogP contribution in [0.5, 0.6) is 0 Å². The van der Waals surface area contributed by atoms with E-state index in [1.54, 1.807) is 0 Å². The van der Waals surface area contributed by atoms with Gasteiger partial charge < -0.3 is 10.3 Å². The highest BCUT2D eigenvalue weighted by molar-refractivity contribution is 5.63. The Labute approximate surface area is 109 Å². The first kappa shape index (κ1) is 12.8. The maximum atomic E-state index is 5.69. The minimum atomic E-state index is 0.474. The molecule has 0 bridgehead atoms. The number of hydrogen-bond donors (Lipinski definition) is 1. The van der Waals surface area contributed by atoms with E-state index in [0.717, 1.165) is 17.2 Å². The molecule has 1 aromatic heterocycles. The van der Waals surface area contributed by atoms with E-state index >= 15 is 0 Å². The molecule has 1 aromatic carbocycles. The Kier molecular flexibility index (Phi) is 3.53. The number of nitrogens with zero attached hydrogens (tertiary/aromatic N) is 2. The number of benzene rings is 1. The van der Waals surface area contributed by atoms with Gasteiger partial charge in [0.05, 0.1) is 17.9 Å². The predicted molar refractivity (Wildman–Crippen MR) is 75.4 cm³/mol. The first-order valence-corrected chi connectivity index (χ1v) is 6.37. The highest BCUT2D eigenvalue weighted by Crippen LogP contribution is 2.25. The highest BCUT2D eigenvalue weighted by Gasteiger charge is 2.12. The van der Waals surface area contributed by atoms with Gasteiger partial charge in [0.25, 0.3) is 0 Å². The molecule has 0 unspecified atom stereocenters. The van der Waals surface area contributed by atoms with E-state index in [1.807, 2.05) is 14.0 Å². The molecule has 3 nitrogen and oxygen atoms in total. The highest BCUT2D eigenvalue weighted by atomic mass is 15.1. The van der Waals surface area contributed by atoms with Gasteiger partial charge >= 0.3 is 0 Å². The molecule has 1 heterocycles. The summed E-state index contributed by atoms with van der Waals surface area (Å²) in [6, 6.07) is 8.71. The lowest BCUT2D eigenvalue weighted by Crippen LogP contribution is -2.05. The van der Waals surface area contributed by atoms with Gasteiger partial charge in [-0.2, -0.15) is 0 Å². The molecule has 0 aliphatic heterocycles. The van der Waals surface area contributed by atoms with Crippen molar-refractivity contribution in [1.29, 1.82) is 0 Å². The van der Waals surface area contributed by atoms with Gasteiger partial charge in [0.15, 0.2) is 0 Å². The molecule has 0 atom stereocenters. The monoisotopic (exact) mass is 243 g/mol. The van der Waals surface area contributed by atoms with Crippen molar-refractivity contribution in [3.8, 4) is 11.3 Å². The Morgan fingerprint density at radius 1 is 1.22 bits per heavy atom. The standard InChI is InChI=1S/C15H21N3/c1-10(2)12-5-7-13(8-6-12)15-11(3)17-14(9-16)18(15)4/h5-8,10H,9,16H2,1-4H3. The van der Waals surface area contributed by atoms with Gasteiger partial charge in [0.2, 0.25) is 0 Å². The van der Waals surface area contributed by atoms with Gasteiger partial charge in [-0.1, -0.05) is 38.1 Å². The average molecular weight is 243 g/mol. The lowest BCUT2D eigenvalue weighted by molar-refractivity contribution is 0.798. The first-order valence-electron chi connectivity index (χ1n) is 6.37. The van der Waals surface area contributed by atoms with E-state index in [0.29, 0.717) is 12.5 Å². The van der Waals surface area contributed by atoms with E-state index in [9.17, 15) is 0 Å². The molecule has 2 rings (SSSR count). The van der Waals surface area contributed by atoms with Gasteiger partial charge in [-0.15, -0.1) is 0 Å². The molecule has 0 spiro atoms. The summed E-state index contributed by atoms with van der Waals surface area (Å²) in [4.78, 5) is 4.50. The zero-order valence-corrected chi connectivity index (χ0v) is 11.6. The van der Waals surface area contributed by atoms with Gasteiger partial charge in [-0.3, -0.25) is 0 Å². The largest absolute Gasteiger partial charge is 0.330 e. The summed E-state index contributed by atoms with van der Waals surface area (Å²) < 4.78 is 2.08. The third kappa shape index (κ3) is 2.18. The summed E-state index contributed by atoms with van der Waals surface area (Å²) in [6.07, 6.45) is 0. The van der Waals surface area contributed by atoms with Crippen molar-refractivity contribution in [3.05, 3.63) is 41.3 Å². The van der Waals surface area contributed by atoms with Crippen LogP contribution in [0.2, 0.25) is 0 Å². The maximum absolute atomic E-state index is 5.69. The Bertz CT molecular complexity index is 536. The Morgan fingerprint density at radius 3 is 2.28 bits per heavy atom. The lowest BCUT2D eigenvalue weighted by Gasteiger charge is -2.09. The predicted octanol–water partition coefficient (Wildman–Crippen LogP) is 2.98. The summed E-state index contributed by atoms with van der Waals surface area (Å²) in [5.41, 5.74) is 10.4. The molecular weight excluding hydrogens is 222 g/mol. The van der Waals surface area contributed by atoms with Crippen molar-refractivity contribution >= 4 is 0 Å². The molecule has 0 aliphatic rings. The van der Waals surface area contributed by atoms with Crippen LogP contribution in [0.1, 0.15) is 36.8 Å². The van der Waals surface area contributed by atoms with E-state index in [2.05, 4.69) is 47.7 Å². The zero-order valence-electron chi connectivity index (χ0n) is 11.6. The molecule has 3 heteroatoms. The molecule has 96 valence electrons. The van der Waals surface area contributed by atoms with Crippen LogP contribution in [0.25, 0.3) is 11.3 Å². The van der Waals surface area contributed by atoms with Gasteiger partial charge in [-0.25, -0.2) is 4.98 Å². The quantitative estimate of drug-likeness (QED) is 0.900. The normalized spacial score (nSPS) is 11.2. The fourth-order valence-corrected chi connectivity index (χ4v) is 2.30. The molecule has 0 radical (unpaired) electrons. The van der Waals surface area contributed by atoms with E-state index in [1.165, 1.54) is 11.1 Å². The smallest absolute Gasteiger partial charge is 0.122 e. The number of hydrogen-bond acceptors (Lipinski definition) is 2.